The van der Waals surface area contributed by atoms with E-state index in [0.717, 1.165) is 36.8 Å². The third-order valence-electron chi connectivity index (χ3n) is 5.06. The summed E-state index contributed by atoms with van der Waals surface area (Å²) in [6.07, 6.45) is 5.88. The van der Waals surface area contributed by atoms with Gasteiger partial charge in [-0.05, 0) is 69.7 Å². The van der Waals surface area contributed by atoms with Gasteiger partial charge in [-0.15, -0.1) is 0 Å². The van der Waals surface area contributed by atoms with Gasteiger partial charge in [-0.3, -0.25) is 4.90 Å². The van der Waals surface area contributed by atoms with Crippen molar-refractivity contribution in [2.45, 2.75) is 70.7 Å². The predicted octanol–water partition coefficient (Wildman–Crippen LogP) is 4.13. The number of hydrogen-bond acceptors (Lipinski definition) is 4. The Morgan fingerprint density at radius 3 is 2.69 bits per heavy atom. The molecule has 0 aliphatic carbocycles. The minimum Gasteiger partial charge on any atom is -0.496 e. The molecule has 1 saturated heterocycles. The topological polar surface area (TPSA) is 59.0 Å². The summed E-state index contributed by atoms with van der Waals surface area (Å²) in [5.74, 6) is 0.697. The van der Waals surface area contributed by atoms with Gasteiger partial charge in [0.25, 0.3) is 0 Å². The number of aliphatic hydroxyl groups excluding tert-OH is 1. The van der Waals surface area contributed by atoms with Crippen LogP contribution in [0.4, 0.5) is 4.79 Å². The highest BCUT2D eigenvalue weighted by Gasteiger charge is 2.39. The molecule has 3 rings (SSSR count). The molecular weight excluding hydrogens is 330 g/mol. The Hall–Kier alpha value is -2.01. The average Bonchev–Trinajstić information content (AvgIpc) is 2.58. The second-order valence-electron chi connectivity index (χ2n) is 8.12. The van der Waals surface area contributed by atoms with Crippen LogP contribution in [0.1, 0.15) is 57.6 Å². The van der Waals surface area contributed by atoms with E-state index in [1.54, 1.807) is 7.11 Å². The highest BCUT2D eigenvalue weighted by Crippen LogP contribution is 2.38. The normalized spacial score (nSPS) is 22.7. The van der Waals surface area contributed by atoms with E-state index in [4.69, 9.17) is 9.47 Å². The summed E-state index contributed by atoms with van der Waals surface area (Å²) in [5.41, 5.74) is 2.62. The van der Waals surface area contributed by atoms with Gasteiger partial charge in [-0.1, -0.05) is 12.1 Å². The summed E-state index contributed by atoms with van der Waals surface area (Å²) >= 11 is 0. The molecule has 2 aliphatic rings. The smallest absolute Gasteiger partial charge is 0.411 e. The number of carbonyl (C=O) groups excluding carboxylic acids is 1. The van der Waals surface area contributed by atoms with Crippen molar-refractivity contribution in [2.24, 2.45) is 0 Å². The molecule has 1 fully saturated rings. The Bertz CT molecular complexity index is 704. The number of piperidine rings is 1. The highest BCUT2D eigenvalue weighted by atomic mass is 16.6. The first-order valence-electron chi connectivity index (χ1n) is 9.32. The summed E-state index contributed by atoms with van der Waals surface area (Å²) in [7, 11) is 1.61. The van der Waals surface area contributed by atoms with E-state index in [1.165, 1.54) is 5.57 Å². The van der Waals surface area contributed by atoms with Gasteiger partial charge in [0.2, 0.25) is 0 Å². The van der Waals surface area contributed by atoms with Crippen LogP contribution in [0.2, 0.25) is 0 Å². The lowest BCUT2D eigenvalue weighted by Crippen LogP contribution is -2.53. The molecule has 1 N–H and O–H groups in total. The predicted molar refractivity (Wildman–Crippen MR) is 101 cm³/mol. The van der Waals surface area contributed by atoms with Crippen molar-refractivity contribution in [1.29, 1.82) is 0 Å². The molecule has 0 radical (unpaired) electrons. The number of amides is 1. The van der Waals surface area contributed by atoms with Crippen LogP contribution in [-0.2, 0) is 11.3 Å². The first-order chi connectivity index (χ1) is 12.3. The van der Waals surface area contributed by atoms with Crippen LogP contribution >= 0.6 is 0 Å². The molecule has 5 nitrogen and oxygen atoms in total. The Morgan fingerprint density at radius 1 is 1.31 bits per heavy atom. The van der Waals surface area contributed by atoms with E-state index in [-0.39, 0.29) is 24.8 Å². The van der Waals surface area contributed by atoms with Gasteiger partial charge in [-0.2, -0.15) is 0 Å². The summed E-state index contributed by atoms with van der Waals surface area (Å²) in [6, 6.07) is 6.17. The van der Waals surface area contributed by atoms with Crippen molar-refractivity contribution in [2.75, 3.05) is 7.11 Å². The Balaban J connectivity index is 1.87. The fraction of sp³-hybridized carbons (Fsp3) is 0.571. The highest BCUT2D eigenvalue weighted by molar-refractivity contribution is 5.75. The molecule has 2 bridgehead atoms. The quantitative estimate of drug-likeness (QED) is 0.881. The lowest BCUT2D eigenvalue weighted by Gasteiger charge is -2.45. The van der Waals surface area contributed by atoms with E-state index in [2.05, 4.69) is 6.08 Å². The van der Waals surface area contributed by atoms with Gasteiger partial charge >= 0.3 is 6.09 Å². The van der Waals surface area contributed by atoms with Crippen LogP contribution in [0.25, 0.3) is 5.57 Å². The molecule has 2 atom stereocenters. The molecule has 5 heteroatoms. The van der Waals surface area contributed by atoms with Gasteiger partial charge in [-0.25, -0.2) is 4.79 Å². The van der Waals surface area contributed by atoms with Crippen LogP contribution in [0, 0.1) is 0 Å². The molecule has 26 heavy (non-hydrogen) atoms. The first-order valence-corrected chi connectivity index (χ1v) is 9.32. The largest absolute Gasteiger partial charge is 0.496 e. The second kappa shape index (κ2) is 7.31. The number of methoxy groups -OCH3 is 1. The van der Waals surface area contributed by atoms with E-state index in [1.807, 2.05) is 43.9 Å². The van der Waals surface area contributed by atoms with Crippen LogP contribution in [0.5, 0.6) is 5.75 Å². The fourth-order valence-electron chi connectivity index (χ4n) is 3.94. The Morgan fingerprint density at radius 2 is 2.08 bits per heavy atom. The summed E-state index contributed by atoms with van der Waals surface area (Å²) in [5, 5.41) is 9.59. The number of ether oxygens (including phenoxy) is 2. The van der Waals surface area contributed by atoms with Crippen LogP contribution < -0.4 is 4.74 Å². The number of rotatable bonds is 3. The zero-order valence-electron chi connectivity index (χ0n) is 16.1. The Kier molecular flexibility index (Phi) is 5.28. The van der Waals surface area contributed by atoms with Gasteiger partial charge in [0.1, 0.15) is 11.4 Å². The minimum absolute atomic E-state index is 0.0544. The van der Waals surface area contributed by atoms with Crippen molar-refractivity contribution in [3.05, 3.63) is 35.4 Å². The maximum atomic E-state index is 12.7. The third kappa shape index (κ3) is 3.88. The summed E-state index contributed by atoms with van der Waals surface area (Å²) in [6.45, 7) is 5.65. The van der Waals surface area contributed by atoms with Crippen LogP contribution in [-0.4, -0.2) is 40.9 Å². The zero-order valence-corrected chi connectivity index (χ0v) is 16.1. The SMILES string of the molecule is COc1ccc(C2=CC3CCCC(C2)N3C(=O)OC(C)(C)C)cc1CO. The average molecular weight is 359 g/mol. The third-order valence-corrected chi connectivity index (χ3v) is 5.06. The standard InChI is InChI=1S/C21H29NO4/c1-21(2,3)26-20(24)22-17-6-5-7-18(22)12-15(11-17)14-8-9-19(25-4)16(10-14)13-23/h8-11,17-18,23H,5-7,12-13H2,1-4H3. The van der Waals surface area contributed by atoms with Crippen molar-refractivity contribution in [3.63, 3.8) is 0 Å². The van der Waals surface area contributed by atoms with E-state index in [9.17, 15) is 9.90 Å². The molecule has 1 aromatic carbocycles. The fourth-order valence-corrected chi connectivity index (χ4v) is 3.94. The number of hydrogen-bond donors (Lipinski definition) is 1. The number of nitrogens with zero attached hydrogens (tertiary/aromatic N) is 1. The van der Waals surface area contributed by atoms with Gasteiger partial charge in [0.05, 0.1) is 19.8 Å². The lowest BCUT2D eigenvalue weighted by atomic mass is 9.83. The van der Waals surface area contributed by atoms with E-state index >= 15 is 0 Å². The summed E-state index contributed by atoms with van der Waals surface area (Å²) < 4.78 is 10.9. The van der Waals surface area contributed by atoms with Crippen LogP contribution in [0.15, 0.2) is 24.3 Å². The molecule has 0 spiro atoms. The Labute approximate surface area is 155 Å². The molecule has 2 unspecified atom stereocenters. The van der Waals surface area contributed by atoms with Crippen molar-refractivity contribution in [1.82, 2.24) is 4.90 Å². The van der Waals surface area contributed by atoms with Gasteiger partial charge < -0.3 is 14.6 Å². The number of benzene rings is 1. The van der Waals surface area contributed by atoms with Crippen molar-refractivity contribution in [3.8, 4) is 5.75 Å². The molecule has 1 aromatic rings. The maximum absolute atomic E-state index is 12.7. The number of carbonyl (C=O) groups is 1. The zero-order chi connectivity index (χ0) is 18.9. The van der Waals surface area contributed by atoms with Crippen molar-refractivity contribution < 1.29 is 19.4 Å². The lowest BCUT2D eigenvalue weighted by molar-refractivity contribution is 0.0000849. The number of fused-ring (bicyclic) bond motifs is 2. The first kappa shape index (κ1) is 18.8. The van der Waals surface area contributed by atoms with E-state index in [0.29, 0.717) is 5.75 Å². The van der Waals surface area contributed by atoms with Crippen molar-refractivity contribution >= 4 is 11.7 Å². The summed E-state index contributed by atoms with van der Waals surface area (Å²) in [4.78, 5) is 14.6. The molecular formula is C21H29NO4. The molecule has 0 saturated carbocycles. The molecule has 1 amide bonds. The number of aliphatic hydroxyl groups is 1. The molecule has 2 aliphatic heterocycles. The van der Waals surface area contributed by atoms with Gasteiger partial charge in [0.15, 0.2) is 0 Å². The van der Waals surface area contributed by atoms with Crippen LogP contribution in [0.3, 0.4) is 0 Å². The molecule has 2 heterocycles. The second-order valence-corrected chi connectivity index (χ2v) is 8.12. The molecule has 0 aromatic heterocycles. The maximum Gasteiger partial charge on any atom is 0.411 e. The monoisotopic (exact) mass is 359 g/mol. The van der Waals surface area contributed by atoms with Gasteiger partial charge in [0, 0.05) is 11.6 Å². The van der Waals surface area contributed by atoms with E-state index < -0.39 is 5.60 Å². The minimum atomic E-state index is -0.485. The molecule has 142 valence electrons.